The minimum atomic E-state index is -4.78. The molecule has 1 aliphatic heterocycles. The van der Waals surface area contributed by atoms with E-state index < -0.39 is 28.9 Å². The van der Waals surface area contributed by atoms with Gasteiger partial charge in [-0.25, -0.2) is 18.7 Å². The summed E-state index contributed by atoms with van der Waals surface area (Å²) in [4.78, 5) is 11.4. The molecule has 0 spiro atoms. The first-order valence-corrected chi connectivity index (χ1v) is 12.3. The molecule has 39 heavy (non-hydrogen) atoms. The van der Waals surface area contributed by atoms with E-state index in [0.717, 1.165) is 24.3 Å². The lowest BCUT2D eigenvalue weighted by atomic mass is 9.80. The lowest BCUT2D eigenvalue weighted by Crippen LogP contribution is -2.53. The monoisotopic (exact) mass is 537 g/mol. The molecule has 0 saturated carbocycles. The van der Waals surface area contributed by atoms with Crippen LogP contribution in [0, 0.1) is 28.4 Å². The Balaban J connectivity index is 1.74. The number of halogens is 5. The van der Waals surface area contributed by atoms with E-state index in [1.807, 2.05) is 18.7 Å². The van der Waals surface area contributed by atoms with Crippen LogP contribution in [0.3, 0.4) is 0 Å². The quantitative estimate of drug-likeness (QED) is 0.295. The Hall–Kier alpha value is -4.10. The van der Waals surface area contributed by atoms with Gasteiger partial charge >= 0.3 is 6.18 Å². The van der Waals surface area contributed by atoms with Gasteiger partial charge < -0.3 is 10.6 Å². The van der Waals surface area contributed by atoms with Gasteiger partial charge in [-0.15, -0.1) is 0 Å². The Morgan fingerprint density at radius 2 is 1.74 bits per heavy atom. The van der Waals surface area contributed by atoms with Gasteiger partial charge in [0, 0.05) is 35.6 Å². The van der Waals surface area contributed by atoms with Gasteiger partial charge in [0.2, 0.25) is 5.95 Å². The van der Waals surface area contributed by atoms with Crippen molar-refractivity contribution >= 4 is 16.9 Å². The molecule has 5 rings (SSSR count). The molecule has 5 nitrogen and oxygen atoms in total. The number of aromatic nitrogens is 2. The maximum absolute atomic E-state index is 14.8. The molecule has 2 heterocycles. The lowest BCUT2D eigenvalue weighted by molar-refractivity contribution is -0.137. The van der Waals surface area contributed by atoms with E-state index in [0.29, 0.717) is 41.9 Å². The Labute approximate surface area is 221 Å². The predicted octanol–water partition coefficient (Wildman–Crippen LogP) is 6.70. The topological polar surface area (TPSA) is 78.8 Å². The van der Waals surface area contributed by atoms with Crippen molar-refractivity contribution in [3.8, 4) is 28.5 Å². The molecule has 1 saturated heterocycles. The molecule has 1 aliphatic rings. The molecule has 1 unspecified atom stereocenters. The molecule has 200 valence electrons. The first-order valence-electron chi connectivity index (χ1n) is 12.3. The van der Waals surface area contributed by atoms with Gasteiger partial charge in [0.1, 0.15) is 17.7 Å². The highest BCUT2D eigenvalue weighted by molar-refractivity contribution is 5.96. The average Bonchev–Trinajstić information content (AvgIpc) is 2.88. The smallest absolute Gasteiger partial charge is 0.340 e. The van der Waals surface area contributed by atoms with Crippen LogP contribution in [0.4, 0.5) is 27.9 Å². The lowest BCUT2D eigenvalue weighted by Gasteiger charge is -2.42. The highest BCUT2D eigenvalue weighted by atomic mass is 19.4. The van der Waals surface area contributed by atoms with Crippen molar-refractivity contribution in [2.75, 3.05) is 18.0 Å². The van der Waals surface area contributed by atoms with Gasteiger partial charge in [-0.2, -0.15) is 18.4 Å². The van der Waals surface area contributed by atoms with E-state index in [1.165, 1.54) is 30.3 Å². The number of anilines is 1. The Morgan fingerprint density at radius 1 is 1.00 bits per heavy atom. The van der Waals surface area contributed by atoms with Crippen LogP contribution >= 0.6 is 0 Å². The van der Waals surface area contributed by atoms with Crippen LogP contribution in [0.1, 0.15) is 31.4 Å². The maximum Gasteiger partial charge on any atom is 0.417 e. The van der Waals surface area contributed by atoms with Crippen molar-refractivity contribution < 1.29 is 22.0 Å². The molecule has 3 aromatic carbocycles. The molecule has 0 bridgehead atoms. The van der Waals surface area contributed by atoms with E-state index in [-0.39, 0.29) is 28.3 Å². The van der Waals surface area contributed by atoms with Crippen molar-refractivity contribution in [2.24, 2.45) is 11.1 Å². The molecule has 10 heteroatoms. The normalized spacial score (nSPS) is 17.3. The molecule has 1 fully saturated rings. The summed E-state index contributed by atoms with van der Waals surface area (Å²) in [6.07, 6.45) is -4.09. The Kier molecular flexibility index (Phi) is 6.51. The number of hydrogen-bond acceptors (Lipinski definition) is 5. The van der Waals surface area contributed by atoms with Crippen molar-refractivity contribution in [1.82, 2.24) is 9.97 Å². The molecule has 0 aliphatic carbocycles. The standard InChI is InChI=1S/C29H24F5N5/c1-28(2)15-39(11-10-24(28)36)27-37-23-9-8-16(25-20(29(32,33)34)4-3-5-21(25)30)12-19(23)26(38-27)17-6-7-18(14-35)22(31)13-17/h3-9,12-13,24H,10-11,15,36H2,1-2H3. The minimum Gasteiger partial charge on any atom is -0.340 e. The number of nitrogens with zero attached hydrogens (tertiary/aromatic N) is 4. The predicted molar refractivity (Wildman–Crippen MR) is 139 cm³/mol. The molecular weight excluding hydrogens is 513 g/mol. The van der Waals surface area contributed by atoms with Crippen LogP contribution in [0.5, 0.6) is 0 Å². The van der Waals surface area contributed by atoms with Gasteiger partial charge in [0.15, 0.2) is 0 Å². The number of hydrogen-bond donors (Lipinski definition) is 1. The number of alkyl halides is 3. The number of nitrogens with two attached hydrogens (primary N) is 1. The van der Waals surface area contributed by atoms with Crippen molar-refractivity contribution in [2.45, 2.75) is 32.5 Å². The highest BCUT2D eigenvalue weighted by Gasteiger charge is 2.36. The van der Waals surface area contributed by atoms with Crippen LogP contribution in [-0.4, -0.2) is 29.1 Å². The minimum absolute atomic E-state index is 0.0209. The number of fused-ring (bicyclic) bond motifs is 1. The summed E-state index contributed by atoms with van der Waals surface area (Å²) in [7, 11) is 0. The van der Waals surface area contributed by atoms with Gasteiger partial charge in [-0.1, -0.05) is 32.0 Å². The average molecular weight is 538 g/mol. The third-order valence-electron chi connectivity index (χ3n) is 7.25. The largest absolute Gasteiger partial charge is 0.417 e. The first kappa shape index (κ1) is 26.5. The van der Waals surface area contributed by atoms with Crippen molar-refractivity contribution in [3.05, 3.63) is 77.4 Å². The zero-order valence-electron chi connectivity index (χ0n) is 21.2. The summed E-state index contributed by atoms with van der Waals surface area (Å²) in [6.45, 7) is 5.23. The Bertz CT molecular complexity index is 1620. The second-order valence-corrected chi connectivity index (χ2v) is 10.4. The maximum atomic E-state index is 14.8. The Morgan fingerprint density at radius 3 is 2.41 bits per heavy atom. The summed E-state index contributed by atoms with van der Waals surface area (Å²) < 4.78 is 70.8. The number of benzene rings is 3. The van der Waals surface area contributed by atoms with Crippen LogP contribution in [-0.2, 0) is 6.18 Å². The molecule has 4 aromatic rings. The summed E-state index contributed by atoms with van der Waals surface area (Å²) in [6, 6.07) is 12.8. The third kappa shape index (κ3) is 4.90. The zero-order chi connectivity index (χ0) is 28.1. The summed E-state index contributed by atoms with van der Waals surface area (Å²) in [5, 5.41) is 9.47. The van der Waals surface area contributed by atoms with E-state index in [9.17, 15) is 22.0 Å². The fourth-order valence-corrected chi connectivity index (χ4v) is 4.98. The third-order valence-corrected chi connectivity index (χ3v) is 7.25. The molecule has 0 radical (unpaired) electrons. The molecule has 1 aromatic heterocycles. The van der Waals surface area contributed by atoms with Crippen LogP contribution < -0.4 is 10.6 Å². The number of piperidine rings is 1. The van der Waals surface area contributed by atoms with Crippen LogP contribution in [0.25, 0.3) is 33.3 Å². The highest BCUT2D eigenvalue weighted by Crippen LogP contribution is 2.41. The summed E-state index contributed by atoms with van der Waals surface area (Å²) in [5.41, 5.74) is 5.10. The second-order valence-electron chi connectivity index (χ2n) is 10.4. The van der Waals surface area contributed by atoms with Crippen LogP contribution in [0.2, 0.25) is 0 Å². The number of rotatable bonds is 3. The number of nitriles is 1. The second kappa shape index (κ2) is 9.58. The van der Waals surface area contributed by atoms with Crippen molar-refractivity contribution in [1.29, 1.82) is 5.26 Å². The van der Waals surface area contributed by atoms with E-state index >= 15 is 0 Å². The van der Waals surface area contributed by atoms with Crippen molar-refractivity contribution in [3.63, 3.8) is 0 Å². The molecule has 2 N–H and O–H groups in total. The van der Waals surface area contributed by atoms with E-state index in [4.69, 9.17) is 16.0 Å². The fraction of sp³-hybridized carbons (Fsp3) is 0.276. The summed E-state index contributed by atoms with van der Waals surface area (Å²) >= 11 is 0. The van der Waals surface area contributed by atoms with Gasteiger partial charge in [-0.3, -0.25) is 0 Å². The first-order chi connectivity index (χ1) is 18.4. The SMILES string of the molecule is CC1(C)CN(c2nc(-c3ccc(C#N)c(F)c3)c3cc(-c4c(F)cccc4C(F)(F)F)ccc3n2)CCC1N. The van der Waals surface area contributed by atoms with Gasteiger partial charge in [0.25, 0.3) is 0 Å². The summed E-state index contributed by atoms with van der Waals surface area (Å²) in [5.74, 6) is -1.44. The van der Waals surface area contributed by atoms with E-state index in [1.54, 1.807) is 6.07 Å². The van der Waals surface area contributed by atoms with Gasteiger partial charge in [0.05, 0.1) is 22.3 Å². The zero-order valence-corrected chi connectivity index (χ0v) is 21.2. The molecule has 0 amide bonds. The van der Waals surface area contributed by atoms with Gasteiger partial charge in [-0.05, 0) is 53.8 Å². The molecular formula is C29H24F5N5. The fourth-order valence-electron chi connectivity index (χ4n) is 4.98. The molecule has 1 atom stereocenters. The van der Waals surface area contributed by atoms with Crippen LogP contribution in [0.15, 0.2) is 54.6 Å². The van der Waals surface area contributed by atoms with E-state index in [2.05, 4.69) is 4.98 Å².